The van der Waals surface area contributed by atoms with E-state index in [9.17, 15) is 9.59 Å². The molecule has 0 aliphatic heterocycles. The van der Waals surface area contributed by atoms with Gasteiger partial charge in [0.1, 0.15) is 5.75 Å². The van der Waals surface area contributed by atoms with Crippen molar-refractivity contribution in [3.05, 3.63) is 58.1 Å². The number of methoxy groups -OCH3 is 1. The number of carbonyl (C=O) groups is 2. The van der Waals surface area contributed by atoms with Crippen LogP contribution < -0.4 is 10.1 Å². The van der Waals surface area contributed by atoms with Gasteiger partial charge in [-0.25, -0.2) is 0 Å². The second-order valence-corrected chi connectivity index (χ2v) is 6.39. The molecule has 2 aromatic rings. The Labute approximate surface area is 150 Å². The number of hydrogen-bond acceptors (Lipinski definition) is 3. The summed E-state index contributed by atoms with van der Waals surface area (Å²) in [7, 11) is 1.59. The minimum Gasteiger partial charge on any atom is -0.497 e. The lowest BCUT2D eigenvalue weighted by Gasteiger charge is -2.08. The van der Waals surface area contributed by atoms with E-state index in [1.54, 1.807) is 31.4 Å². The van der Waals surface area contributed by atoms with E-state index in [-0.39, 0.29) is 11.7 Å². The van der Waals surface area contributed by atoms with Crippen molar-refractivity contribution >= 4 is 33.3 Å². The maximum Gasteiger partial charge on any atom is 0.224 e. The second-order valence-electron chi connectivity index (χ2n) is 5.54. The number of hydrogen-bond donors (Lipinski definition) is 1. The first kappa shape index (κ1) is 18.2. The van der Waals surface area contributed by atoms with Gasteiger partial charge in [-0.1, -0.05) is 6.07 Å². The molecule has 0 radical (unpaired) electrons. The van der Waals surface area contributed by atoms with Crippen LogP contribution >= 0.6 is 15.9 Å². The largest absolute Gasteiger partial charge is 0.497 e. The van der Waals surface area contributed by atoms with Crippen molar-refractivity contribution < 1.29 is 14.3 Å². The molecule has 1 N–H and O–H groups in total. The molecule has 0 unspecified atom stereocenters. The molecule has 126 valence electrons. The highest BCUT2D eigenvalue weighted by molar-refractivity contribution is 9.10. The van der Waals surface area contributed by atoms with Gasteiger partial charge < -0.3 is 10.1 Å². The van der Waals surface area contributed by atoms with Gasteiger partial charge in [-0.05, 0) is 71.2 Å². The Morgan fingerprint density at radius 3 is 2.42 bits per heavy atom. The van der Waals surface area contributed by atoms with Crippen LogP contribution in [0, 0.1) is 6.92 Å². The van der Waals surface area contributed by atoms with E-state index < -0.39 is 0 Å². The van der Waals surface area contributed by atoms with Gasteiger partial charge in [0, 0.05) is 22.9 Å². The maximum absolute atomic E-state index is 12.1. The van der Waals surface area contributed by atoms with Crippen molar-refractivity contribution in [2.24, 2.45) is 0 Å². The molecule has 0 heterocycles. The van der Waals surface area contributed by atoms with Gasteiger partial charge in [-0.15, -0.1) is 0 Å². The molecule has 0 atom stereocenters. The first-order valence-electron chi connectivity index (χ1n) is 7.73. The Balaban J connectivity index is 1.80. The zero-order valence-electron chi connectivity index (χ0n) is 13.8. The summed E-state index contributed by atoms with van der Waals surface area (Å²) in [4.78, 5) is 24.1. The fourth-order valence-corrected chi connectivity index (χ4v) is 2.86. The fraction of sp³-hybridized carbons (Fsp3) is 0.263. The standard InChI is InChI=1S/C19H20BrNO3/c1-13-6-11-17(16(20)12-13)21-19(23)5-3-4-18(22)14-7-9-15(24-2)10-8-14/h6-12H,3-5H2,1-2H3,(H,21,23). The zero-order chi connectivity index (χ0) is 17.5. The van der Waals surface area contributed by atoms with Crippen LogP contribution in [-0.4, -0.2) is 18.8 Å². The quantitative estimate of drug-likeness (QED) is 0.694. The topological polar surface area (TPSA) is 55.4 Å². The summed E-state index contributed by atoms with van der Waals surface area (Å²) in [5.74, 6) is 0.652. The molecule has 0 aromatic heterocycles. The average Bonchev–Trinajstić information content (AvgIpc) is 2.57. The SMILES string of the molecule is COc1ccc(C(=O)CCCC(=O)Nc2ccc(C)cc2Br)cc1. The fourth-order valence-electron chi connectivity index (χ4n) is 2.26. The number of carbonyl (C=O) groups excluding carboxylic acids is 2. The van der Waals surface area contributed by atoms with Crippen LogP contribution in [0.25, 0.3) is 0 Å². The van der Waals surface area contributed by atoms with E-state index in [0.29, 0.717) is 24.8 Å². The monoisotopic (exact) mass is 389 g/mol. The van der Waals surface area contributed by atoms with E-state index in [1.165, 1.54) is 0 Å². The van der Waals surface area contributed by atoms with Crippen LogP contribution in [0.3, 0.4) is 0 Å². The van der Waals surface area contributed by atoms with Crippen molar-refractivity contribution in [2.45, 2.75) is 26.2 Å². The number of halogens is 1. The molecule has 1 amide bonds. The van der Waals surface area contributed by atoms with Gasteiger partial charge in [0.25, 0.3) is 0 Å². The number of aryl methyl sites for hydroxylation is 1. The molecule has 0 aliphatic rings. The lowest BCUT2D eigenvalue weighted by Crippen LogP contribution is -2.12. The molecule has 24 heavy (non-hydrogen) atoms. The number of Topliss-reactive ketones (excluding diaryl/α,β-unsaturated/α-hetero) is 1. The van der Waals surface area contributed by atoms with Crippen LogP contribution in [0.15, 0.2) is 46.9 Å². The van der Waals surface area contributed by atoms with Crippen LogP contribution in [-0.2, 0) is 4.79 Å². The van der Waals surface area contributed by atoms with Gasteiger partial charge in [0.2, 0.25) is 5.91 Å². The number of ketones is 1. The molecule has 2 rings (SSSR count). The van der Waals surface area contributed by atoms with Crippen LogP contribution in [0.1, 0.15) is 35.2 Å². The average molecular weight is 390 g/mol. The highest BCUT2D eigenvalue weighted by Crippen LogP contribution is 2.23. The molecular weight excluding hydrogens is 370 g/mol. The summed E-state index contributed by atoms with van der Waals surface area (Å²) in [6, 6.07) is 12.7. The molecule has 2 aromatic carbocycles. The van der Waals surface area contributed by atoms with Gasteiger partial charge in [0.15, 0.2) is 5.78 Å². The summed E-state index contributed by atoms with van der Waals surface area (Å²) in [6.45, 7) is 1.99. The van der Waals surface area contributed by atoms with E-state index in [1.807, 2.05) is 25.1 Å². The summed E-state index contributed by atoms with van der Waals surface area (Å²) < 4.78 is 5.92. The lowest BCUT2D eigenvalue weighted by atomic mass is 10.1. The van der Waals surface area contributed by atoms with Gasteiger partial charge in [-0.2, -0.15) is 0 Å². The molecule has 4 nitrogen and oxygen atoms in total. The summed E-state index contributed by atoms with van der Waals surface area (Å²) in [5.41, 5.74) is 2.49. The summed E-state index contributed by atoms with van der Waals surface area (Å²) >= 11 is 3.43. The second kappa shape index (κ2) is 8.64. The Morgan fingerprint density at radius 1 is 1.08 bits per heavy atom. The van der Waals surface area contributed by atoms with Crippen molar-refractivity contribution in [1.29, 1.82) is 0 Å². The van der Waals surface area contributed by atoms with Gasteiger partial charge in [0.05, 0.1) is 12.8 Å². The third-order valence-electron chi connectivity index (χ3n) is 3.62. The highest BCUT2D eigenvalue weighted by atomic mass is 79.9. The van der Waals surface area contributed by atoms with Gasteiger partial charge in [-0.3, -0.25) is 9.59 Å². The van der Waals surface area contributed by atoms with Crippen molar-refractivity contribution in [3.8, 4) is 5.75 Å². The molecule has 0 saturated heterocycles. The number of rotatable bonds is 7. The summed E-state index contributed by atoms with van der Waals surface area (Å²) in [5, 5.41) is 2.85. The Bertz CT molecular complexity index is 726. The maximum atomic E-state index is 12.1. The molecule has 0 bridgehead atoms. The normalized spacial score (nSPS) is 10.3. The van der Waals surface area contributed by atoms with Crippen molar-refractivity contribution in [1.82, 2.24) is 0 Å². The first-order valence-corrected chi connectivity index (χ1v) is 8.52. The third-order valence-corrected chi connectivity index (χ3v) is 4.27. The van der Waals surface area contributed by atoms with E-state index >= 15 is 0 Å². The van der Waals surface area contributed by atoms with Crippen molar-refractivity contribution in [2.75, 3.05) is 12.4 Å². The minimum absolute atomic E-state index is 0.0296. The smallest absolute Gasteiger partial charge is 0.224 e. The number of amides is 1. The summed E-state index contributed by atoms with van der Waals surface area (Å²) in [6.07, 6.45) is 1.16. The molecule has 5 heteroatoms. The van der Waals surface area contributed by atoms with Crippen molar-refractivity contribution in [3.63, 3.8) is 0 Å². The Morgan fingerprint density at radius 2 is 1.79 bits per heavy atom. The van der Waals surface area contributed by atoms with Crippen LogP contribution in [0.5, 0.6) is 5.75 Å². The Hall–Kier alpha value is -2.14. The lowest BCUT2D eigenvalue weighted by molar-refractivity contribution is -0.116. The van der Waals surface area contributed by atoms with Crippen LogP contribution in [0.4, 0.5) is 5.69 Å². The molecular formula is C19H20BrNO3. The molecule has 0 fully saturated rings. The predicted molar refractivity (Wildman–Crippen MR) is 98.7 cm³/mol. The first-order chi connectivity index (χ1) is 11.5. The van der Waals surface area contributed by atoms with E-state index in [0.717, 1.165) is 21.5 Å². The third kappa shape index (κ3) is 5.20. The number of nitrogens with one attached hydrogen (secondary N) is 1. The highest BCUT2D eigenvalue weighted by Gasteiger charge is 2.09. The van der Waals surface area contributed by atoms with E-state index in [2.05, 4.69) is 21.2 Å². The molecule has 0 saturated carbocycles. The number of ether oxygens (including phenoxy) is 1. The minimum atomic E-state index is -0.0953. The molecule has 0 aliphatic carbocycles. The van der Waals surface area contributed by atoms with Crippen LogP contribution in [0.2, 0.25) is 0 Å². The predicted octanol–water partition coefficient (Wildman–Crippen LogP) is 4.76. The zero-order valence-corrected chi connectivity index (χ0v) is 15.4. The number of benzene rings is 2. The number of anilines is 1. The van der Waals surface area contributed by atoms with E-state index in [4.69, 9.17) is 4.74 Å². The molecule has 0 spiro atoms. The Kier molecular flexibility index (Phi) is 6.55. The van der Waals surface area contributed by atoms with Gasteiger partial charge >= 0.3 is 0 Å².